The summed E-state index contributed by atoms with van der Waals surface area (Å²) in [5.74, 6) is -1.41. The van der Waals surface area contributed by atoms with E-state index >= 15 is 0 Å². The topological polar surface area (TPSA) is 32.3 Å². The molecule has 0 unspecified atom stereocenters. The zero-order valence-electron chi connectivity index (χ0n) is 15.5. The van der Waals surface area contributed by atoms with E-state index < -0.39 is 5.76 Å². The van der Waals surface area contributed by atoms with Gasteiger partial charge in [0.05, 0.1) is 11.3 Å². The molecule has 0 radical (unpaired) electrons. The molecule has 1 aliphatic heterocycles. The van der Waals surface area contributed by atoms with Crippen LogP contribution in [0.1, 0.15) is 30.6 Å². The van der Waals surface area contributed by atoms with Gasteiger partial charge in [-0.2, -0.15) is 8.78 Å². The first-order valence-electron chi connectivity index (χ1n) is 9.12. The summed E-state index contributed by atoms with van der Waals surface area (Å²) in [6, 6.07) is 14.2. The van der Waals surface area contributed by atoms with Gasteiger partial charge in [-0.25, -0.2) is 0 Å². The number of nitrogens with one attached hydrogen (secondary N) is 1. The highest BCUT2D eigenvalue weighted by Gasteiger charge is 2.27. The highest BCUT2D eigenvalue weighted by molar-refractivity contribution is 7.99. The minimum absolute atomic E-state index is 0.0291. The molecule has 2 aromatic carbocycles. The molecule has 1 fully saturated rings. The first-order chi connectivity index (χ1) is 12.9. The average Bonchev–Trinajstić information content (AvgIpc) is 2.62. The number of carbonyl (C=O) groups is 1. The number of benzene rings is 2. The van der Waals surface area contributed by atoms with Crippen LogP contribution in [0.4, 0.5) is 20.2 Å². The average molecular weight is 390 g/mol. The number of rotatable bonds is 5. The molecule has 144 valence electrons. The lowest BCUT2D eigenvalue weighted by molar-refractivity contribution is 0.0624. The summed E-state index contributed by atoms with van der Waals surface area (Å²) in [7, 11) is 0. The molecule has 3 nitrogen and oxygen atoms in total. The number of nitrogens with zero attached hydrogens (tertiary/aromatic N) is 1. The molecule has 0 aliphatic carbocycles. The molecule has 0 saturated carbocycles. The van der Waals surface area contributed by atoms with Gasteiger partial charge in [0.2, 0.25) is 0 Å². The Morgan fingerprint density at radius 2 is 1.70 bits per heavy atom. The predicted molar refractivity (Wildman–Crippen MR) is 107 cm³/mol. The number of halogens is 2. The number of likely N-dealkylation sites (tertiary alicyclic amines) is 1. The van der Waals surface area contributed by atoms with Crippen LogP contribution in [0.25, 0.3) is 0 Å². The Labute approximate surface area is 163 Å². The lowest BCUT2D eigenvalue weighted by Gasteiger charge is -2.35. The van der Waals surface area contributed by atoms with Crippen LogP contribution in [-0.4, -0.2) is 29.7 Å². The Morgan fingerprint density at radius 1 is 1.07 bits per heavy atom. The number of hydrogen-bond donors (Lipinski definition) is 1. The fraction of sp³-hybridized carbons (Fsp3) is 0.381. The summed E-state index contributed by atoms with van der Waals surface area (Å²) in [5.41, 5.74) is 2.11. The third kappa shape index (κ3) is 5.22. The van der Waals surface area contributed by atoms with E-state index in [0.29, 0.717) is 34.1 Å². The normalized spacial score (nSPS) is 20.0. The summed E-state index contributed by atoms with van der Waals surface area (Å²) >= 11 is 0.519. The largest absolute Gasteiger partial charge is 0.355 e. The maximum absolute atomic E-state index is 13.1. The maximum Gasteiger partial charge on any atom is 0.288 e. The summed E-state index contributed by atoms with van der Waals surface area (Å²) < 4.78 is 24.9. The van der Waals surface area contributed by atoms with E-state index in [1.807, 2.05) is 29.2 Å². The summed E-state index contributed by atoms with van der Waals surface area (Å²) in [6.45, 7) is 5.91. The fourth-order valence-electron chi connectivity index (χ4n) is 3.65. The van der Waals surface area contributed by atoms with Gasteiger partial charge >= 0.3 is 0 Å². The van der Waals surface area contributed by atoms with Crippen molar-refractivity contribution in [2.75, 3.05) is 18.4 Å². The Morgan fingerprint density at radius 3 is 2.33 bits per heavy atom. The second kappa shape index (κ2) is 8.74. The van der Waals surface area contributed by atoms with E-state index in [-0.39, 0.29) is 5.91 Å². The first kappa shape index (κ1) is 19.7. The van der Waals surface area contributed by atoms with Crippen molar-refractivity contribution in [2.24, 2.45) is 11.8 Å². The van der Waals surface area contributed by atoms with Crippen molar-refractivity contribution in [1.29, 1.82) is 0 Å². The summed E-state index contributed by atoms with van der Waals surface area (Å²) in [6.07, 6.45) is 1.15. The molecule has 2 aromatic rings. The molecule has 0 aromatic heterocycles. The maximum atomic E-state index is 13.1. The highest BCUT2D eigenvalue weighted by atomic mass is 32.2. The van der Waals surface area contributed by atoms with E-state index in [2.05, 4.69) is 19.2 Å². The Hall–Kier alpha value is -2.08. The van der Waals surface area contributed by atoms with Crippen LogP contribution in [0.15, 0.2) is 53.4 Å². The van der Waals surface area contributed by atoms with Crippen molar-refractivity contribution in [3.05, 3.63) is 54.1 Å². The van der Waals surface area contributed by atoms with Gasteiger partial charge in [0.1, 0.15) is 0 Å². The van der Waals surface area contributed by atoms with Gasteiger partial charge in [0, 0.05) is 23.7 Å². The van der Waals surface area contributed by atoms with E-state index in [1.54, 1.807) is 24.3 Å². The van der Waals surface area contributed by atoms with E-state index in [0.717, 1.165) is 30.9 Å². The van der Waals surface area contributed by atoms with Gasteiger partial charge < -0.3 is 10.2 Å². The standard InChI is InChI=1S/C21H24F2N2OS/c1-14-11-15(2)13-25(12-14)20(26)18-5-3-4-6-19(18)24-16-7-9-17(10-8-16)27-21(22)23/h3-10,14-15,21,24H,11-13H2,1-2H3/t14-,15+. The minimum atomic E-state index is -2.43. The number of alkyl halides is 2. The molecule has 2 atom stereocenters. The summed E-state index contributed by atoms with van der Waals surface area (Å²) in [5, 5.41) is 3.25. The molecule has 0 bridgehead atoms. The van der Waals surface area contributed by atoms with Gasteiger partial charge in [-0.05, 0) is 54.7 Å². The molecule has 27 heavy (non-hydrogen) atoms. The highest BCUT2D eigenvalue weighted by Crippen LogP contribution is 2.29. The zero-order chi connectivity index (χ0) is 19.4. The van der Waals surface area contributed by atoms with E-state index in [1.165, 1.54) is 0 Å². The monoisotopic (exact) mass is 390 g/mol. The molecular formula is C21H24F2N2OS. The van der Waals surface area contributed by atoms with Gasteiger partial charge in [-0.15, -0.1) is 0 Å². The van der Waals surface area contributed by atoms with Gasteiger partial charge in [0.15, 0.2) is 0 Å². The zero-order valence-corrected chi connectivity index (χ0v) is 16.3. The quantitative estimate of drug-likeness (QED) is 0.649. The van der Waals surface area contributed by atoms with Crippen molar-refractivity contribution in [3.63, 3.8) is 0 Å². The van der Waals surface area contributed by atoms with E-state index in [4.69, 9.17) is 0 Å². The molecule has 1 heterocycles. The minimum Gasteiger partial charge on any atom is -0.355 e. The van der Waals surface area contributed by atoms with Crippen LogP contribution in [-0.2, 0) is 0 Å². The molecule has 3 rings (SSSR count). The number of carbonyl (C=O) groups excluding carboxylic acids is 1. The van der Waals surface area contributed by atoms with Crippen LogP contribution in [0.2, 0.25) is 0 Å². The van der Waals surface area contributed by atoms with Gasteiger partial charge in [0.25, 0.3) is 11.7 Å². The van der Waals surface area contributed by atoms with Crippen molar-refractivity contribution in [3.8, 4) is 0 Å². The van der Waals surface area contributed by atoms with Crippen LogP contribution < -0.4 is 5.32 Å². The molecular weight excluding hydrogens is 366 g/mol. The molecule has 1 N–H and O–H groups in total. The van der Waals surface area contributed by atoms with E-state index in [9.17, 15) is 13.6 Å². The second-order valence-electron chi connectivity index (χ2n) is 7.23. The van der Waals surface area contributed by atoms with Crippen molar-refractivity contribution < 1.29 is 13.6 Å². The SMILES string of the molecule is C[C@@H]1C[C@H](C)CN(C(=O)c2ccccc2Nc2ccc(SC(F)F)cc2)C1. The molecule has 1 aliphatic rings. The Bertz CT molecular complexity index is 772. The smallest absolute Gasteiger partial charge is 0.288 e. The number of thioether (sulfide) groups is 1. The lowest BCUT2D eigenvalue weighted by atomic mass is 9.91. The van der Waals surface area contributed by atoms with Crippen molar-refractivity contribution in [2.45, 2.75) is 30.9 Å². The van der Waals surface area contributed by atoms with Gasteiger partial charge in [-0.1, -0.05) is 37.7 Å². The number of piperidine rings is 1. The molecule has 6 heteroatoms. The fourth-order valence-corrected chi connectivity index (χ4v) is 4.15. The van der Waals surface area contributed by atoms with Crippen LogP contribution in [0, 0.1) is 11.8 Å². The van der Waals surface area contributed by atoms with Crippen molar-refractivity contribution >= 4 is 29.0 Å². The van der Waals surface area contributed by atoms with Crippen LogP contribution in [0.5, 0.6) is 0 Å². The van der Waals surface area contributed by atoms with Crippen molar-refractivity contribution in [1.82, 2.24) is 4.90 Å². The Kier molecular flexibility index (Phi) is 6.37. The second-order valence-corrected chi connectivity index (χ2v) is 8.29. The predicted octanol–water partition coefficient (Wildman–Crippen LogP) is 5.86. The molecule has 0 spiro atoms. The van der Waals surface area contributed by atoms with Crippen LogP contribution in [0.3, 0.4) is 0 Å². The van der Waals surface area contributed by atoms with Crippen LogP contribution >= 0.6 is 11.8 Å². The number of amides is 1. The Balaban J connectivity index is 1.76. The first-order valence-corrected chi connectivity index (χ1v) is 10.0. The lowest BCUT2D eigenvalue weighted by Crippen LogP contribution is -2.42. The molecule has 1 saturated heterocycles. The summed E-state index contributed by atoms with van der Waals surface area (Å²) in [4.78, 5) is 15.5. The number of hydrogen-bond acceptors (Lipinski definition) is 3. The third-order valence-electron chi connectivity index (χ3n) is 4.67. The third-order valence-corrected chi connectivity index (χ3v) is 5.39. The number of para-hydroxylation sites is 1. The van der Waals surface area contributed by atoms with Gasteiger partial charge in [-0.3, -0.25) is 4.79 Å². The number of anilines is 2. The molecule has 1 amide bonds.